The number of fused-ring (bicyclic) bond motifs is 1. The van der Waals surface area contributed by atoms with Crippen LogP contribution in [0.5, 0.6) is 0 Å². The Kier molecular flexibility index (Phi) is 2.41. The molecule has 2 heterocycles. The third-order valence-corrected chi connectivity index (χ3v) is 2.58. The van der Waals surface area contributed by atoms with Crippen LogP contribution in [0, 0.1) is 0 Å². The third-order valence-electron chi connectivity index (χ3n) is 2.07. The summed E-state index contributed by atoms with van der Waals surface area (Å²) >= 11 is 1.20. The highest BCUT2D eigenvalue weighted by atomic mass is 32.1. The molecule has 0 aliphatic heterocycles. The first kappa shape index (κ1) is 9.45. The van der Waals surface area contributed by atoms with Gasteiger partial charge in [-0.25, -0.2) is 9.97 Å². The van der Waals surface area contributed by atoms with E-state index in [0.29, 0.717) is 5.92 Å². The zero-order valence-corrected chi connectivity index (χ0v) is 9.30. The molecule has 0 unspecified atom stereocenters. The van der Waals surface area contributed by atoms with Crippen molar-refractivity contribution in [1.29, 1.82) is 0 Å². The topological polar surface area (TPSA) is 51.6 Å². The van der Waals surface area contributed by atoms with Crippen molar-refractivity contribution >= 4 is 22.9 Å². The quantitative estimate of drug-likeness (QED) is 0.759. The van der Waals surface area contributed by atoms with Crippen LogP contribution in [0.15, 0.2) is 0 Å². The van der Waals surface area contributed by atoms with Gasteiger partial charge in [0.25, 0.3) is 0 Å². The first-order valence-corrected chi connectivity index (χ1v) is 5.44. The minimum absolute atomic E-state index is 0.339. The fourth-order valence-electron chi connectivity index (χ4n) is 1.27. The van der Waals surface area contributed by atoms with Gasteiger partial charge in [-0.1, -0.05) is 20.8 Å². The summed E-state index contributed by atoms with van der Waals surface area (Å²) in [7, 11) is 0. The molecule has 2 aromatic rings. The fourth-order valence-corrected chi connectivity index (χ4v) is 1.78. The molecular weight excluding hydrogens is 196 g/mol. The van der Waals surface area contributed by atoms with Gasteiger partial charge in [0.05, 0.1) is 17.4 Å². The summed E-state index contributed by atoms with van der Waals surface area (Å²) in [5.41, 5.74) is 2.61. The summed E-state index contributed by atoms with van der Waals surface area (Å²) < 4.78 is 8.35. The fraction of sp³-hybridized carbons (Fsp3) is 0.556. The molecule has 0 atom stereocenters. The lowest BCUT2D eigenvalue weighted by atomic mass is 10.2. The van der Waals surface area contributed by atoms with E-state index in [1.165, 1.54) is 11.7 Å². The van der Waals surface area contributed by atoms with Crippen molar-refractivity contribution in [3.05, 3.63) is 11.5 Å². The molecule has 2 rings (SSSR count). The van der Waals surface area contributed by atoms with Crippen molar-refractivity contribution in [3.8, 4) is 0 Å². The Morgan fingerprint density at radius 1 is 1.21 bits per heavy atom. The molecule has 0 aliphatic rings. The maximum atomic E-state index is 4.48. The van der Waals surface area contributed by atoms with E-state index >= 15 is 0 Å². The van der Waals surface area contributed by atoms with Crippen LogP contribution >= 0.6 is 11.7 Å². The standard InChI is InChI=1S/C9H12N4S/c1-4-6-7-9(13-14-12-7)11-8(10-6)5(2)3/h5H,4H2,1-3H3. The number of aryl methyl sites for hydroxylation is 1. The smallest absolute Gasteiger partial charge is 0.196 e. The van der Waals surface area contributed by atoms with E-state index in [4.69, 9.17) is 0 Å². The van der Waals surface area contributed by atoms with Crippen LogP contribution in [-0.4, -0.2) is 18.7 Å². The van der Waals surface area contributed by atoms with Crippen molar-refractivity contribution in [1.82, 2.24) is 18.7 Å². The Bertz CT molecular complexity index is 449. The highest BCUT2D eigenvalue weighted by Crippen LogP contribution is 2.17. The predicted octanol–water partition coefficient (Wildman–Crippen LogP) is 2.17. The lowest BCUT2D eigenvalue weighted by Crippen LogP contribution is -2.01. The van der Waals surface area contributed by atoms with E-state index in [1.807, 2.05) is 0 Å². The maximum Gasteiger partial charge on any atom is 0.196 e. The molecule has 0 saturated heterocycles. The second-order valence-electron chi connectivity index (χ2n) is 3.47. The first-order valence-electron chi connectivity index (χ1n) is 4.71. The Labute approximate surface area is 86.7 Å². The van der Waals surface area contributed by atoms with E-state index in [0.717, 1.165) is 29.1 Å². The molecule has 0 spiro atoms. The van der Waals surface area contributed by atoms with Gasteiger partial charge in [0.2, 0.25) is 0 Å². The number of hydrogen-bond donors (Lipinski definition) is 0. The van der Waals surface area contributed by atoms with Gasteiger partial charge in [-0.05, 0) is 6.42 Å². The Hall–Kier alpha value is -1.10. The Morgan fingerprint density at radius 2 is 2.00 bits per heavy atom. The van der Waals surface area contributed by atoms with E-state index in [2.05, 4.69) is 39.5 Å². The van der Waals surface area contributed by atoms with Crippen molar-refractivity contribution in [2.24, 2.45) is 0 Å². The number of rotatable bonds is 2. The summed E-state index contributed by atoms with van der Waals surface area (Å²) in [4.78, 5) is 8.85. The largest absolute Gasteiger partial charge is 0.235 e. The maximum absolute atomic E-state index is 4.48. The molecule has 4 nitrogen and oxygen atoms in total. The first-order chi connectivity index (χ1) is 6.72. The van der Waals surface area contributed by atoms with E-state index in [-0.39, 0.29) is 0 Å². The van der Waals surface area contributed by atoms with Crippen molar-refractivity contribution in [2.75, 3.05) is 0 Å². The van der Waals surface area contributed by atoms with Gasteiger partial charge in [0, 0.05) is 5.92 Å². The molecule has 5 heteroatoms. The van der Waals surface area contributed by atoms with Gasteiger partial charge in [-0.15, -0.1) is 0 Å². The SMILES string of the molecule is CCc1nc(C(C)C)nc2nsnc12. The van der Waals surface area contributed by atoms with Crippen LogP contribution in [0.3, 0.4) is 0 Å². The molecule has 2 aromatic heterocycles. The van der Waals surface area contributed by atoms with Crippen LogP contribution < -0.4 is 0 Å². The van der Waals surface area contributed by atoms with Crippen LogP contribution in [0.1, 0.15) is 38.2 Å². The highest BCUT2D eigenvalue weighted by molar-refractivity contribution is 7.00. The van der Waals surface area contributed by atoms with Gasteiger partial charge >= 0.3 is 0 Å². The van der Waals surface area contributed by atoms with Gasteiger partial charge in [0.15, 0.2) is 5.65 Å². The lowest BCUT2D eigenvalue weighted by molar-refractivity contribution is 0.768. The second kappa shape index (κ2) is 3.57. The van der Waals surface area contributed by atoms with E-state index in [1.54, 1.807) is 0 Å². The monoisotopic (exact) mass is 208 g/mol. The minimum atomic E-state index is 0.339. The van der Waals surface area contributed by atoms with Crippen LogP contribution in [0.25, 0.3) is 11.2 Å². The van der Waals surface area contributed by atoms with Gasteiger partial charge < -0.3 is 0 Å². The summed E-state index contributed by atoms with van der Waals surface area (Å²) in [6.07, 6.45) is 0.879. The zero-order valence-electron chi connectivity index (χ0n) is 8.48. The second-order valence-corrected chi connectivity index (χ2v) is 4.00. The van der Waals surface area contributed by atoms with Crippen LogP contribution in [0.4, 0.5) is 0 Å². The van der Waals surface area contributed by atoms with Crippen molar-refractivity contribution in [3.63, 3.8) is 0 Å². The van der Waals surface area contributed by atoms with Gasteiger partial charge in [0.1, 0.15) is 11.3 Å². The molecule has 74 valence electrons. The van der Waals surface area contributed by atoms with E-state index in [9.17, 15) is 0 Å². The third kappa shape index (κ3) is 1.48. The van der Waals surface area contributed by atoms with Crippen LogP contribution in [-0.2, 0) is 6.42 Å². The zero-order chi connectivity index (χ0) is 10.1. The molecule has 14 heavy (non-hydrogen) atoms. The molecular formula is C9H12N4S. The molecule has 0 radical (unpaired) electrons. The van der Waals surface area contributed by atoms with Gasteiger partial charge in [-0.2, -0.15) is 8.75 Å². The molecule has 0 amide bonds. The van der Waals surface area contributed by atoms with Crippen LogP contribution in [0.2, 0.25) is 0 Å². The summed E-state index contributed by atoms with van der Waals surface area (Å²) in [6, 6.07) is 0. The van der Waals surface area contributed by atoms with Crippen molar-refractivity contribution in [2.45, 2.75) is 33.1 Å². The number of aromatic nitrogens is 4. The van der Waals surface area contributed by atoms with E-state index < -0.39 is 0 Å². The number of hydrogen-bond acceptors (Lipinski definition) is 5. The minimum Gasteiger partial charge on any atom is -0.235 e. The predicted molar refractivity (Wildman–Crippen MR) is 56.5 cm³/mol. The lowest BCUT2D eigenvalue weighted by Gasteiger charge is -2.04. The summed E-state index contributed by atoms with van der Waals surface area (Å²) in [6.45, 7) is 6.24. The molecule has 0 aromatic carbocycles. The molecule has 0 aliphatic carbocycles. The molecule has 0 saturated carbocycles. The highest BCUT2D eigenvalue weighted by Gasteiger charge is 2.11. The molecule has 0 bridgehead atoms. The average Bonchev–Trinajstić information content (AvgIpc) is 2.63. The Balaban J connectivity index is 2.67. The number of nitrogens with zero attached hydrogens (tertiary/aromatic N) is 4. The average molecular weight is 208 g/mol. The summed E-state index contributed by atoms with van der Waals surface area (Å²) in [5.74, 6) is 1.20. The van der Waals surface area contributed by atoms with Crippen molar-refractivity contribution < 1.29 is 0 Å². The van der Waals surface area contributed by atoms with Gasteiger partial charge in [-0.3, -0.25) is 0 Å². The molecule has 0 fully saturated rings. The summed E-state index contributed by atoms with van der Waals surface area (Å²) in [5, 5.41) is 0. The molecule has 0 N–H and O–H groups in total. The normalized spacial score (nSPS) is 11.4. The Morgan fingerprint density at radius 3 is 2.64 bits per heavy atom.